The van der Waals surface area contributed by atoms with Gasteiger partial charge in [0.25, 0.3) is 5.91 Å². The van der Waals surface area contributed by atoms with Gasteiger partial charge in [-0.3, -0.25) is 9.59 Å². The van der Waals surface area contributed by atoms with E-state index in [-0.39, 0.29) is 18.4 Å². The van der Waals surface area contributed by atoms with E-state index in [1.54, 1.807) is 24.3 Å². The van der Waals surface area contributed by atoms with Crippen molar-refractivity contribution in [2.75, 3.05) is 11.9 Å². The summed E-state index contributed by atoms with van der Waals surface area (Å²) in [5.41, 5.74) is 2.86. The lowest BCUT2D eigenvalue weighted by Crippen LogP contribution is -2.48. The fraction of sp³-hybridized carbons (Fsp3) is 0.292. The Morgan fingerprint density at radius 2 is 1.87 bits per heavy atom. The van der Waals surface area contributed by atoms with Crippen LogP contribution < -0.4 is 5.32 Å². The number of nitrogens with one attached hydrogen (secondary N) is 1. The van der Waals surface area contributed by atoms with Crippen LogP contribution in [0.2, 0.25) is 0 Å². The van der Waals surface area contributed by atoms with E-state index in [0.717, 1.165) is 29.4 Å². The maximum Gasteiger partial charge on any atom is 0.326 e. The summed E-state index contributed by atoms with van der Waals surface area (Å²) in [5.74, 6) is -1.50. The molecule has 0 spiro atoms. The molecule has 7 heteroatoms. The average Bonchev–Trinajstić information content (AvgIpc) is 3.08. The summed E-state index contributed by atoms with van der Waals surface area (Å²) >= 11 is 0. The van der Waals surface area contributed by atoms with E-state index in [9.17, 15) is 19.5 Å². The van der Waals surface area contributed by atoms with Gasteiger partial charge in [-0.1, -0.05) is 24.3 Å². The van der Waals surface area contributed by atoms with Crippen LogP contribution in [-0.4, -0.2) is 44.9 Å². The highest BCUT2D eigenvalue weighted by molar-refractivity contribution is 5.99. The molecular formula is C24H25N3O4. The van der Waals surface area contributed by atoms with Crippen molar-refractivity contribution in [2.24, 2.45) is 0 Å². The maximum atomic E-state index is 12.9. The molecule has 0 bridgehead atoms. The van der Waals surface area contributed by atoms with Gasteiger partial charge in [-0.2, -0.15) is 0 Å². The Bertz CT molecular complexity index is 1150. The second kappa shape index (κ2) is 8.63. The maximum absolute atomic E-state index is 12.9. The second-order valence-corrected chi connectivity index (χ2v) is 7.91. The fourth-order valence-corrected chi connectivity index (χ4v) is 4.23. The lowest BCUT2D eigenvalue weighted by Gasteiger charge is -2.33. The number of hydrogen-bond donors (Lipinski definition) is 2. The molecule has 4 rings (SSSR count). The van der Waals surface area contributed by atoms with Crippen molar-refractivity contribution < 1.29 is 19.5 Å². The summed E-state index contributed by atoms with van der Waals surface area (Å²) in [6.07, 6.45) is 2.04. The number of amides is 2. The molecule has 1 fully saturated rings. The third kappa shape index (κ3) is 4.30. The number of carbonyl (C=O) groups is 3. The number of para-hydroxylation sites is 1. The minimum Gasteiger partial charge on any atom is -0.480 e. The molecule has 2 N–H and O–H groups in total. The lowest BCUT2D eigenvalue weighted by molar-refractivity contribution is -0.143. The number of carboxylic acid groups (broad SMARTS) is 1. The number of rotatable bonds is 5. The van der Waals surface area contributed by atoms with Gasteiger partial charge in [0.2, 0.25) is 5.91 Å². The first-order valence-electron chi connectivity index (χ1n) is 10.4. The van der Waals surface area contributed by atoms with Crippen LogP contribution in [0, 0.1) is 6.92 Å². The summed E-state index contributed by atoms with van der Waals surface area (Å²) in [5, 5.41) is 13.4. The first-order chi connectivity index (χ1) is 14.9. The van der Waals surface area contributed by atoms with Gasteiger partial charge in [0.05, 0.1) is 0 Å². The minimum atomic E-state index is -0.980. The standard InChI is InChI=1S/C24H25N3O4/c1-16-13-17-7-2-3-10-20(17)27(16)15-22(28)25-19-9-6-8-18(14-19)23(29)26-12-5-4-11-21(26)24(30)31/h2-3,6-10,13-14,21H,4-5,11-12,15H2,1H3,(H,25,28)(H,30,31)/t21-/m1/s1. The molecule has 31 heavy (non-hydrogen) atoms. The smallest absolute Gasteiger partial charge is 0.326 e. The van der Waals surface area contributed by atoms with Gasteiger partial charge in [0.1, 0.15) is 12.6 Å². The summed E-state index contributed by atoms with van der Waals surface area (Å²) in [4.78, 5) is 38.6. The molecule has 2 heterocycles. The quantitative estimate of drug-likeness (QED) is 0.660. The zero-order valence-corrected chi connectivity index (χ0v) is 17.4. The molecule has 3 aromatic rings. The number of carboxylic acids is 1. The van der Waals surface area contributed by atoms with Gasteiger partial charge in [0.15, 0.2) is 0 Å². The Kier molecular flexibility index (Phi) is 5.75. The third-order valence-corrected chi connectivity index (χ3v) is 5.76. The van der Waals surface area contributed by atoms with Crippen molar-refractivity contribution in [3.63, 3.8) is 0 Å². The number of benzene rings is 2. The normalized spacial score (nSPS) is 16.3. The Morgan fingerprint density at radius 3 is 2.68 bits per heavy atom. The van der Waals surface area contributed by atoms with Crippen molar-refractivity contribution in [1.82, 2.24) is 9.47 Å². The number of nitrogens with zero attached hydrogens (tertiary/aromatic N) is 2. The summed E-state index contributed by atoms with van der Waals surface area (Å²) < 4.78 is 1.95. The number of hydrogen-bond acceptors (Lipinski definition) is 3. The molecule has 0 unspecified atom stereocenters. The minimum absolute atomic E-state index is 0.157. The molecule has 1 aliphatic heterocycles. The highest BCUT2D eigenvalue weighted by atomic mass is 16.4. The number of aliphatic carboxylic acids is 1. The molecule has 1 aliphatic rings. The van der Waals surface area contributed by atoms with Crippen molar-refractivity contribution in [3.8, 4) is 0 Å². The van der Waals surface area contributed by atoms with Crippen LogP contribution in [0.25, 0.3) is 10.9 Å². The van der Waals surface area contributed by atoms with Crippen molar-refractivity contribution in [3.05, 3.63) is 65.9 Å². The third-order valence-electron chi connectivity index (χ3n) is 5.76. The topological polar surface area (TPSA) is 91.6 Å². The summed E-state index contributed by atoms with van der Waals surface area (Å²) in [7, 11) is 0. The van der Waals surface area contributed by atoms with Gasteiger partial charge in [-0.15, -0.1) is 0 Å². The van der Waals surface area contributed by atoms with Crippen LogP contribution in [0.5, 0.6) is 0 Å². The monoisotopic (exact) mass is 419 g/mol. The number of aryl methyl sites for hydroxylation is 1. The Labute approximate surface area is 180 Å². The van der Waals surface area contributed by atoms with E-state index in [4.69, 9.17) is 0 Å². The van der Waals surface area contributed by atoms with Gasteiger partial charge in [-0.05, 0) is 61.9 Å². The summed E-state index contributed by atoms with van der Waals surface area (Å²) in [6.45, 7) is 2.54. The Balaban J connectivity index is 1.49. The van der Waals surface area contributed by atoms with Gasteiger partial charge in [0, 0.05) is 29.0 Å². The zero-order chi connectivity index (χ0) is 22.0. The largest absolute Gasteiger partial charge is 0.480 e. The van der Waals surface area contributed by atoms with Gasteiger partial charge in [-0.25, -0.2) is 4.79 Å². The molecule has 0 aliphatic carbocycles. The van der Waals surface area contributed by atoms with E-state index in [1.165, 1.54) is 4.90 Å². The van der Waals surface area contributed by atoms with Crippen LogP contribution >= 0.6 is 0 Å². The van der Waals surface area contributed by atoms with Crippen LogP contribution in [0.1, 0.15) is 35.3 Å². The number of aromatic nitrogens is 1. The number of fused-ring (bicyclic) bond motifs is 1. The molecule has 160 valence electrons. The number of piperidine rings is 1. The molecule has 2 aromatic carbocycles. The fourth-order valence-electron chi connectivity index (χ4n) is 4.23. The molecule has 1 atom stereocenters. The SMILES string of the molecule is Cc1cc2ccccc2n1CC(=O)Nc1cccc(C(=O)N2CCCC[C@@H]2C(=O)O)c1. The predicted molar refractivity (Wildman–Crippen MR) is 118 cm³/mol. The molecule has 0 radical (unpaired) electrons. The Hall–Kier alpha value is -3.61. The first kappa shape index (κ1) is 20.7. The highest BCUT2D eigenvalue weighted by Gasteiger charge is 2.32. The average molecular weight is 419 g/mol. The van der Waals surface area contributed by atoms with Crippen molar-refractivity contribution in [1.29, 1.82) is 0 Å². The summed E-state index contributed by atoms with van der Waals surface area (Å²) in [6, 6.07) is 15.8. The number of likely N-dealkylation sites (tertiary alicyclic amines) is 1. The second-order valence-electron chi connectivity index (χ2n) is 7.91. The molecule has 0 saturated carbocycles. The molecule has 2 amide bonds. The number of carbonyl (C=O) groups excluding carboxylic acids is 2. The van der Waals surface area contributed by atoms with E-state index in [1.807, 2.05) is 41.8 Å². The van der Waals surface area contributed by atoms with Crippen LogP contribution in [0.15, 0.2) is 54.6 Å². The zero-order valence-electron chi connectivity index (χ0n) is 17.4. The van der Waals surface area contributed by atoms with Crippen LogP contribution in [-0.2, 0) is 16.1 Å². The van der Waals surface area contributed by atoms with Gasteiger partial charge < -0.3 is 19.9 Å². The molecule has 1 saturated heterocycles. The van der Waals surface area contributed by atoms with Gasteiger partial charge >= 0.3 is 5.97 Å². The van der Waals surface area contributed by atoms with Crippen molar-refractivity contribution in [2.45, 2.75) is 38.8 Å². The number of anilines is 1. The van der Waals surface area contributed by atoms with E-state index in [0.29, 0.717) is 24.2 Å². The highest BCUT2D eigenvalue weighted by Crippen LogP contribution is 2.22. The first-order valence-corrected chi connectivity index (χ1v) is 10.4. The van der Waals surface area contributed by atoms with Crippen LogP contribution in [0.3, 0.4) is 0 Å². The van der Waals surface area contributed by atoms with Crippen LogP contribution in [0.4, 0.5) is 5.69 Å². The Morgan fingerprint density at radius 1 is 1.06 bits per heavy atom. The molecule has 7 nitrogen and oxygen atoms in total. The van der Waals surface area contributed by atoms with Crippen molar-refractivity contribution >= 4 is 34.4 Å². The molecular weight excluding hydrogens is 394 g/mol. The van der Waals surface area contributed by atoms with E-state index < -0.39 is 12.0 Å². The molecule has 1 aromatic heterocycles. The van der Waals surface area contributed by atoms with E-state index >= 15 is 0 Å². The predicted octanol–water partition coefficient (Wildman–Crippen LogP) is 3.67. The lowest BCUT2D eigenvalue weighted by atomic mass is 10.0. The van der Waals surface area contributed by atoms with E-state index in [2.05, 4.69) is 5.32 Å².